The SMILES string of the molecule is Cc1[nH]c2ccccc2c1C(=O)CSc1nncn1CCc1cccs1. The average molecular weight is 383 g/mol. The van der Waals surface area contributed by atoms with Crippen LogP contribution in [-0.4, -0.2) is 31.3 Å². The normalized spacial score (nSPS) is 11.3. The summed E-state index contributed by atoms with van der Waals surface area (Å²) in [7, 11) is 0. The molecule has 0 bridgehead atoms. The summed E-state index contributed by atoms with van der Waals surface area (Å²) in [6, 6.07) is 12.1. The third-order valence-corrected chi connectivity index (χ3v) is 6.18. The lowest BCUT2D eigenvalue weighted by atomic mass is 10.1. The fraction of sp³-hybridized carbons (Fsp3) is 0.211. The first-order chi connectivity index (χ1) is 12.7. The number of hydrogen-bond donors (Lipinski definition) is 1. The van der Waals surface area contributed by atoms with Gasteiger partial charge in [0.25, 0.3) is 0 Å². The monoisotopic (exact) mass is 382 g/mol. The molecule has 0 fully saturated rings. The second-order valence-corrected chi connectivity index (χ2v) is 7.99. The molecule has 3 aromatic heterocycles. The van der Waals surface area contributed by atoms with Crippen molar-refractivity contribution in [2.24, 2.45) is 0 Å². The van der Waals surface area contributed by atoms with Crippen LogP contribution in [0.3, 0.4) is 0 Å². The predicted molar refractivity (Wildman–Crippen MR) is 106 cm³/mol. The van der Waals surface area contributed by atoms with Gasteiger partial charge in [-0.2, -0.15) is 0 Å². The summed E-state index contributed by atoms with van der Waals surface area (Å²) >= 11 is 3.20. The Balaban J connectivity index is 1.45. The van der Waals surface area contributed by atoms with E-state index in [1.165, 1.54) is 16.6 Å². The van der Waals surface area contributed by atoms with E-state index in [1.807, 2.05) is 35.8 Å². The Morgan fingerprint density at radius 2 is 2.15 bits per heavy atom. The molecule has 5 nitrogen and oxygen atoms in total. The Kier molecular flexibility index (Phi) is 4.90. The number of rotatable bonds is 7. The molecule has 0 atom stereocenters. The maximum absolute atomic E-state index is 12.8. The highest BCUT2D eigenvalue weighted by molar-refractivity contribution is 7.99. The van der Waals surface area contributed by atoms with E-state index < -0.39 is 0 Å². The lowest BCUT2D eigenvalue weighted by molar-refractivity contribution is 0.102. The number of aromatic amines is 1. The predicted octanol–water partition coefficient (Wildman–Crippen LogP) is 4.35. The molecular weight excluding hydrogens is 364 g/mol. The number of ketones is 1. The van der Waals surface area contributed by atoms with E-state index in [-0.39, 0.29) is 5.78 Å². The molecule has 4 rings (SSSR count). The third kappa shape index (κ3) is 3.45. The molecule has 4 aromatic rings. The topological polar surface area (TPSA) is 63.6 Å². The molecule has 0 saturated carbocycles. The van der Waals surface area contributed by atoms with Crippen LogP contribution in [0.2, 0.25) is 0 Å². The van der Waals surface area contributed by atoms with Crippen LogP contribution in [-0.2, 0) is 13.0 Å². The Bertz CT molecular complexity index is 1030. The Hall–Kier alpha value is -2.38. The molecule has 3 heterocycles. The first-order valence-corrected chi connectivity index (χ1v) is 10.2. The molecular formula is C19H18N4OS2. The van der Waals surface area contributed by atoms with Crippen molar-refractivity contribution in [3.63, 3.8) is 0 Å². The minimum Gasteiger partial charge on any atom is -0.358 e. The smallest absolute Gasteiger partial charge is 0.191 e. The molecule has 0 unspecified atom stereocenters. The molecule has 0 aliphatic heterocycles. The van der Waals surface area contributed by atoms with Gasteiger partial charge in [-0.3, -0.25) is 4.79 Å². The maximum Gasteiger partial charge on any atom is 0.191 e. The van der Waals surface area contributed by atoms with Crippen molar-refractivity contribution in [1.29, 1.82) is 0 Å². The number of nitrogens with zero attached hydrogens (tertiary/aromatic N) is 3. The first-order valence-electron chi connectivity index (χ1n) is 8.36. The van der Waals surface area contributed by atoms with Crippen molar-refractivity contribution >= 4 is 39.8 Å². The Morgan fingerprint density at radius 1 is 1.27 bits per heavy atom. The van der Waals surface area contributed by atoms with E-state index in [4.69, 9.17) is 0 Å². The van der Waals surface area contributed by atoms with Crippen molar-refractivity contribution in [2.45, 2.75) is 25.0 Å². The number of benzene rings is 1. The van der Waals surface area contributed by atoms with Crippen LogP contribution in [0, 0.1) is 6.92 Å². The zero-order valence-corrected chi connectivity index (χ0v) is 15.9. The van der Waals surface area contributed by atoms with Crippen molar-refractivity contribution in [3.8, 4) is 0 Å². The molecule has 0 aliphatic rings. The van der Waals surface area contributed by atoms with Crippen molar-refractivity contribution in [3.05, 3.63) is 64.2 Å². The van der Waals surface area contributed by atoms with Crippen LogP contribution in [0.5, 0.6) is 0 Å². The number of H-pyrrole nitrogens is 1. The van der Waals surface area contributed by atoms with Gasteiger partial charge in [0.15, 0.2) is 10.9 Å². The zero-order chi connectivity index (χ0) is 17.9. The van der Waals surface area contributed by atoms with E-state index in [0.717, 1.165) is 40.3 Å². The number of nitrogens with one attached hydrogen (secondary N) is 1. The van der Waals surface area contributed by atoms with Crippen LogP contribution in [0.15, 0.2) is 53.3 Å². The largest absolute Gasteiger partial charge is 0.358 e. The second kappa shape index (κ2) is 7.47. The molecule has 1 aromatic carbocycles. The van der Waals surface area contributed by atoms with Gasteiger partial charge < -0.3 is 9.55 Å². The lowest BCUT2D eigenvalue weighted by Crippen LogP contribution is -2.06. The van der Waals surface area contributed by atoms with Crippen LogP contribution in [0.4, 0.5) is 0 Å². The van der Waals surface area contributed by atoms with Crippen LogP contribution >= 0.6 is 23.1 Å². The van der Waals surface area contributed by atoms with Gasteiger partial charge in [-0.15, -0.1) is 21.5 Å². The second-order valence-electron chi connectivity index (χ2n) is 6.02. The van der Waals surface area contributed by atoms with Crippen molar-refractivity contribution in [2.75, 3.05) is 5.75 Å². The number of thioether (sulfide) groups is 1. The molecule has 0 aliphatic carbocycles. The minimum absolute atomic E-state index is 0.109. The summed E-state index contributed by atoms with van der Waals surface area (Å²) in [6.07, 6.45) is 2.68. The van der Waals surface area contributed by atoms with Crippen LogP contribution < -0.4 is 0 Å². The first kappa shape index (κ1) is 17.1. The Labute approximate surface area is 159 Å². The number of carbonyl (C=O) groups is 1. The highest BCUT2D eigenvalue weighted by atomic mass is 32.2. The summed E-state index contributed by atoms with van der Waals surface area (Å²) < 4.78 is 2.01. The number of carbonyl (C=O) groups excluding carboxylic acids is 1. The highest BCUT2D eigenvalue weighted by Crippen LogP contribution is 2.25. The van der Waals surface area contributed by atoms with E-state index in [0.29, 0.717) is 5.75 Å². The number of aromatic nitrogens is 4. The molecule has 26 heavy (non-hydrogen) atoms. The van der Waals surface area contributed by atoms with Crippen LogP contribution in [0.25, 0.3) is 10.9 Å². The number of thiophene rings is 1. The van der Waals surface area contributed by atoms with Gasteiger partial charge >= 0.3 is 0 Å². The third-order valence-electron chi connectivity index (χ3n) is 4.26. The van der Waals surface area contributed by atoms with Gasteiger partial charge in [-0.05, 0) is 30.9 Å². The lowest BCUT2D eigenvalue weighted by Gasteiger charge is -2.05. The highest BCUT2D eigenvalue weighted by Gasteiger charge is 2.17. The number of para-hydroxylation sites is 1. The van der Waals surface area contributed by atoms with Gasteiger partial charge in [0, 0.05) is 33.6 Å². The molecule has 7 heteroatoms. The summed E-state index contributed by atoms with van der Waals surface area (Å²) in [5.74, 6) is 0.457. The number of aryl methyl sites for hydroxylation is 3. The molecule has 0 saturated heterocycles. The van der Waals surface area contributed by atoms with Crippen LogP contribution in [0.1, 0.15) is 20.9 Å². The van der Waals surface area contributed by atoms with Crippen molar-refractivity contribution in [1.82, 2.24) is 19.7 Å². The molecule has 132 valence electrons. The van der Waals surface area contributed by atoms with Gasteiger partial charge in [0.2, 0.25) is 0 Å². The quantitative estimate of drug-likeness (QED) is 0.381. The van der Waals surface area contributed by atoms with E-state index in [1.54, 1.807) is 17.7 Å². The van der Waals surface area contributed by atoms with Gasteiger partial charge in [-0.25, -0.2) is 0 Å². The maximum atomic E-state index is 12.8. The van der Waals surface area contributed by atoms with E-state index in [2.05, 4.69) is 32.7 Å². The van der Waals surface area contributed by atoms with E-state index >= 15 is 0 Å². The molecule has 1 N–H and O–H groups in total. The Morgan fingerprint density at radius 3 is 3.00 bits per heavy atom. The van der Waals surface area contributed by atoms with Gasteiger partial charge in [0.1, 0.15) is 6.33 Å². The fourth-order valence-electron chi connectivity index (χ4n) is 3.03. The summed E-state index contributed by atoms with van der Waals surface area (Å²) in [6.45, 7) is 2.76. The minimum atomic E-state index is 0.109. The standard InChI is InChI=1S/C19H18N4OS2/c1-13-18(15-6-2-3-7-16(15)21-13)17(24)11-26-19-22-20-12-23(19)9-8-14-5-4-10-25-14/h2-7,10,12,21H,8-9,11H2,1H3. The number of Topliss-reactive ketones (excluding diaryl/α,β-unsaturated/α-hetero) is 1. The number of fused-ring (bicyclic) bond motifs is 1. The summed E-state index contributed by atoms with van der Waals surface area (Å²) in [5.41, 5.74) is 2.69. The van der Waals surface area contributed by atoms with E-state index in [9.17, 15) is 4.79 Å². The summed E-state index contributed by atoms with van der Waals surface area (Å²) in [4.78, 5) is 17.4. The number of hydrogen-bond acceptors (Lipinski definition) is 5. The fourth-order valence-corrected chi connectivity index (χ4v) is 4.55. The zero-order valence-electron chi connectivity index (χ0n) is 14.3. The average Bonchev–Trinajstić information content (AvgIpc) is 3.37. The molecule has 0 radical (unpaired) electrons. The molecule has 0 spiro atoms. The molecule has 0 amide bonds. The summed E-state index contributed by atoms with van der Waals surface area (Å²) in [5, 5.41) is 12.0. The van der Waals surface area contributed by atoms with Gasteiger partial charge in [-0.1, -0.05) is 36.0 Å². The van der Waals surface area contributed by atoms with Crippen molar-refractivity contribution < 1.29 is 4.79 Å². The van der Waals surface area contributed by atoms with Gasteiger partial charge in [0.05, 0.1) is 5.75 Å².